The summed E-state index contributed by atoms with van der Waals surface area (Å²) in [6.07, 6.45) is 5.53. The van der Waals surface area contributed by atoms with Gasteiger partial charge < -0.3 is 4.57 Å². The highest BCUT2D eigenvalue weighted by atomic mass is 15.1. The SMILES string of the molecule is Cc1cc(CCc2cncc(C#CCN(C)C)c2)nc(-n2c(C)ccc2C)c1. The Hall–Kier alpha value is -2.90. The van der Waals surface area contributed by atoms with Gasteiger partial charge in [0.2, 0.25) is 0 Å². The van der Waals surface area contributed by atoms with Gasteiger partial charge in [-0.2, -0.15) is 0 Å². The van der Waals surface area contributed by atoms with Crippen LogP contribution in [0.3, 0.4) is 0 Å². The van der Waals surface area contributed by atoms with E-state index in [9.17, 15) is 0 Å². The van der Waals surface area contributed by atoms with Gasteiger partial charge >= 0.3 is 0 Å². The largest absolute Gasteiger partial charge is 0.303 e. The zero-order chi connectivity index (χ0) is 20.1. The number of aryl methyl sites for hydroxylation is 5. The van der Waals surface area contributed by atoms with Crippen molar-refractivity contribution in [2.24, 2.45) is 0 Å². The Morgan fingerprint density at radius 3 is 2.43 bits per heavy atom. The zero-order valence-electron chi connectivity index (χ0n) is 17.5. The third-order valence-corrected chi connectivity index (χ3v) is 4.60. The van der Waals surface area contributed by atoms with Crippen LogP contribution in [0.1, 0.15) is 33.8 Å². The molecular formula is C24H28N4. The minimum Gasteiger partial charge on any atom is -0.303 e. The van der Waals surface area contributed by atoms with E-state index in [1.54, 1.807) is 0 Å². The normalized spacial score (nSPS) is 10.8. The Kier molecular flexibility index (Phi) is 6.28. The van der Waals surface area contributed by atoms with Crippen molar-refractivity contribution in [2.75, 3.05) is 20.6 Å². The summed E-state index contributed by atoms with van der Waals surface area (Å²) in [5.74, 6) is 7.35. The van der Waals surface area contributed by atoms with Gasteiger partial charge in [-0.05, 0) is 89.2 Å². The first kappa shape index (κ1) is 19.9. The van der Waals surface area contributed by atoms with Crippen LogP contribution in [-0.4, -0.2) is 40.1 Å². The third kappa shape index (κ3) is 5.09. The maximum atomic E-state index is 4.91. The molecule has 3 heterocycles. The molecule has 0 radical (unpaired) electrons. The highest BCUT2D eigenvalue weighted by Crippen LogP contribution is 2.17. The molecule has 0 saturated heterocycles. The maximum absolute atomic E-state index is 4.91. The summed E-state index contributed by atoms with van der Waals surface area (Å²) in [7, 11) is 4.03. The van der Waals surface area contributed by atoms with Crippen molar-refractivity contribution in [3.8, 4) is 17.7 Å². The molecule has 0 aliphatic heterocycles. The monoisotopic (exact) mass is 372 g/mol. The topological polar surface area (TPSA) is 34.0 Å². The minimum atomic E-state index is 0.748. The lowest BCUT2D eigenvalue weighted by molar-refractivity contribution is 0.464. The van der Waals surface area contributed by atoms with E-state index in [4.69, 9.17) is 4.98 Å². The molecule has 0 saturated carbocycles. The van der Waals surface area contributed by atoms with Crippen LogP contribution in [0.4, 0.5) is 0 Å². The van der Waals surface area contributed by atoms with Crippen molar-refractivity contribution in [2.45, 2.75) is 33.6 Å². The number of nitrogens with zero attached hydrogens (tertiary/aromatic N) is 4. The molecular weight excluding hydrogens is 344 g/mol. The molecule has 3 aromatic rings. The van der Waals surface area contributed by atoms with E-state index in [1.807, 2.05) is 26.5 Å². The van der Waals surface area contributed by atoms with Gasteiger partial charge in [0.25, 0.3) is 0 Å². The fourth-order valence-corrected chi connectivity index (χ4v) is 3.26. The molecule has 3 aromatic heterocycles. The van der Waals surface area contributed by atoms with Gasteiger partial charge in [0.05, 0.1) is 6.54 Å². The molecule has 0 amide bonds. The van der Waals surface area contributed by atoms with E-state index < -0.39 is 0 Å². The van der Waals surface area contributed by atoms with Crippen LogP contribution in [0.15, 0.2) is 42.7 Å². The van der Waals surface area contributed by atoms with Crippen molar-refractivity contribution in [1.29, 1.82) is 0 Å². The van der Waals surface area contributed by atoms with E-state index in [1.165, 1.54) is 22.5 Å². The van der Waals surface area contributed by atoms with Crippen LogP contribution < -0.4 is 0 Å². The first-order valence-corrected chi connectivity index (χ1v) is 9.63. The minimum absolute atomic E-state index is 0.748. The molecule has 0 N–H and O–H groups in total. The highest BCUT2D eigenvalue weighted by molar-refractivity contribution is 5.37. The van der Waals surface area contributed by atoms with Crippen molar-refractivity contribution >= 4 is 0 Å². The van der Waals surface area contributed by atoms with E-state index in [2.05, 4.69) is 77.4 Å². The number of hydrogen-bond donors (Lipinski definition) is 0. The summed E-state index contributed by atoms with van der Waals surface area (Å²) < 4.78 is 2.21. The summed E-state index contributed by atoms with van der Waals surface area (Å²) in [5.41, 5.74) is 6.90. The summed E-state index contributed by atoms with van der Waals surface area (Å²) in [5, 5.41) is 0. The molecule has 28 heavy (non-hydrogen) atoms. The molecule has 0 bridgehead atoms. The quantitative estimate of drug-likeness (QED) is 0.637. The number of rotatable bonds is 5. The first-order chi connectivity index (χ1) is 13.4. The van der Waals surface area contributed by atoms with E-state index in [-0.39, 0.29) is 0 Å². The molecule has 144 valence electrons. The standard InChI is InChI=1S/C24H28N4/c1-18-13-23(26-24(14-18)28-19(2)8-9-20(28)3)11-10-22-15-21(16-25-17-22)7-6-12-27(4)5/h8-9,13-17H,10-12H2,1-5H3. The van der Waals surface area contributed by atoms with Crippen molar-refractivity contribution in [3.63, 3.8) is 0 Å². The van der Waals surface area contributed by atoms with Crippen LogP contribution in [0.25, 0.3) is 5.82 Å². The van der Waals surface area contributed by atoms with E-state index >= 15 is 0 Å². The molecule has 0 aliphatic carbocycles. The Labute approximate surface area is 168 Å². The van der Waals surface area contributed by atoms with E-state index in [0.717, 1.165) is 36.5 Å². The lowest BCUT2D eigenvalue weighted by atomic mass is 10.1. The predicted molar refractivity (Wildman–Crippen MR) is 115 cm³/mol. The van der Waals surface area contributed by atoms with Crippen LogP contribution in [0, 0.1) is 32.6 Å². The molecule has 0 aliphatic rings. The van der Waals surface area contributed by atoms with Gasteiger partial charge in [0.1, 0.15) is 5.82 Å². The molecule has 3 rings (SSSR count). The van der Waals surface area contributed by atoms with Crippen molar-refractivity contribution < 1.29 is 0 Å². The van der Waals surface area contributed by atoms with Crippen LogP contribution >= 0.6 is 0 Å². The molecule has 4 nitrogen and oxygen atoms in total. The Balaban J connectivity index is 1.75. The van der Waals surface area contributed by atoms with Crippen molar-refractivity contribution in [1.82, 2.24) is 19.4 Å². The molecule has 0 unspecified atom stereocenters. The summed E-state index contributed by atoms with van der Waals surface area (Å²) in [6, 6.07) is 10.7. The van der Waals surface area contributed by atoms with Gasteiger partial charge in [0, 0.05) is 35.0 Å². The van der Waals surface area contributed by atoms with Gasteiger partial charge in [-0.3, -0.25) is 9.88 Å². The molecule has 0 atom stereocenters. The fourth-order valence-electron chi connectivity index (χ4n) is 3.26. The van der Waals surface area contributed by atoms with Gasteiger partial charge in [-0.1, -0.05) is 11.8 Å². The number of aromatic nitrogens is 3. The first-order valence-electron chi connectivity index (χ1n) is 9.63. The molecule has 0 fully saturated rings. The Morgan fingerprint density at radius 2 is 1.71 bits per heavy atom. The maximum Gasteiger partial charge on any atom is 0.137 e. The Morgan fingerprint density at radius 1 is 0.964 bits per heavy atom. The summed E-state index contributed by atoms with van der Waals surface area (Å²) in [6.45, 7) is 7.11. The van der Waals surface area contributed by atoms with E-state index in [0.29, 0.717) is 0 Å². The molecule has 0 aromatic carbocycles. The third-order valence-electron chi connectivity index (χ3n) is 4.60. The van der Waals surface area contributed by atoms with Crippen LogP contribution in [0.2, 0.25) is 0 Å². The number of hydrogen-bond acceptors (Lipinski definition) is 3. The fraction of sp³-hybridized carbons (Fsp3) is 0.333. The smallest absolute Gasteiger partial charge is 0.137 e. The second-order valence-corrected chi connectivity index (χ2v) is 7.57. The average Bonchev–Trinajstić information content (AvgIpc) is 2.98. The Bertz CT molecular complexity index is 999. The van der Waals surface area contributed by atoms with Crippen LogP contribution in [0.5, 0.6) is 0 Å². The molecule has 0 spiro atoms. The number of pyridine rings is 2. The average molecular weight is 373 g/mol. The summed E-state index contributed by atoms with van der Waals surface area (Å²) in [4.78, 5) is 11.3. The van der Waals surface area contributed by atoms with Gasteiger partial charge in [-0.15, -0.1) is 0 Å². The van der Waals surface area contributed by atoms with Crippen LogP contribution in [-0.2, 0) is 12.8 Å². The van der Waals surface area contributed by atoms with Gasteiger partial charge in [0.15, 0.2) is 0 Å². The second kappa shape index (κ2) is 8.86. The lowest BCUT2D eigenvalue weighted by Gasteiger charge is -2.12. The van der Waals surface area contributed by atoms with Crippen molar-refractivity contribution in [3.05, 3.63) is 76.5 Å². The highest BCUT2D eigenvalue weighted by Gasteiger charge is 2.08. The molecule has 4 heteroatoms. The zero-order valence-corrected chi connectivity index (χ0v) is 17.5. The van der Waals surface area contributed by atoms with Gasteiger partial charge in [-0.25, -0.2) is 4.98 Å². The lowest BCUT2D eigenvalue weighted by Crippen LogP contribution is -2.10. The second-order valence-electron chi connectivity index (χ2n) is 7.57. The predicted octanol–water partition coefficient (Wildman–Crippen LogP) is 3.89. The summed E-state index contributed by atoms with van der Waals surface area (Å²) >= 11 is 0.